The van der Waals surface area contributed by atoms with Crippen molar-refractivity contribution in [3.8, 4) is 0 Å². The van der Waals surface area contributed by atoms with Gasteiger partial charge >= 0.3 is 5.69 Å². The number of ether oxygens (including phenoxy) is 1. The first kappa shape index (κ1) is 15.2. The summed E-state index contributed by atoms with van der Waals surface area (Å²) >= 11 is 0. The second kappa shape index (κ2) is 6.57. The first-order valence-corrected chi connectivity index (χ1v) is 7.31. The number of carbonyl (C=O) groups excluding carboxylic acids is 1. The Balaban J connectivity index is 1.86. The van der Waals surface area contributed by atoms with Crippen LogP contribution in [-0.2, 0) is 11.3 Å². The van der Waals surface area contributed by atoms with Crippen molar-refractivity contribution in [1.82, 2.24) is 14.5 Å². The number of pyridine rings is 1. The molecule has 23 heavy (non-hydrogen) atoms. The molecule has 0 aliphatic carbocycles. The van der Waals surface area contributed by atoms with E-state index in [9.17, 15) is 14.4 Å². The van der Waals surface area contributed by atoms with Gasteiger partial charge in [-0.05, 0) is 25.0 Å². The lowest BCUT2D eigenvalue weighted by Crippen LogP contribution is -2.41. The fraction of sp³-hybridized carbons (Fsp3) is 0.333. The lowest BCUT2D eigenvalue weighted by atomic mass is 10.2. The highest BCUT2D eigenvalue weighted by Crippen LogP contribution is 2.12. The molecule has 2 aromatic rings. The fourth-order valence-corrected chi connectivity index (χ4v) is 2.45. The highest BCUT2D eigenvalue weighted by molar-refractivity contribution is 6.03. The van der Waals surface area contributed by atoms with E-state index in [1.54, 1.807) is 18.2 Å². The lowest BCUT2D eigenvalue weighted by Gasteiger charge is -2.11. The van der Waals surface area contributed by atoms with Crippen LogP contribution >= 0.6 is 0 Å². The monoisotopic (exact) mass is 316 g/mol. The van der Waals surface area contributed by atoms with Crippen molar-refractivity contribution in [3.63, 3.8) is 0 Å². The quantitative estimate of drug-likeness (QED) is 0.847. The van der Waals surface area contributed by atoms with Crippen LogP contribution in [0.5, 0.6) is 0 Å². The van der Waals surface area contributed by atoms with Gasteiger partial charge in [0, 0.05) is 19.0 Å². The van der Waals surface area contributed by atoms with Crippen LogP contribution in [0.25, 0.3) is 0 Å². The highest BCUT2D eigenvalue weighted by atomic mass is 16.5. The Morgan fingerprint density at radius 3 is 3.00 bits per heavy atom. The Kier molecular flexibility index (Phi) is 4.33. The number of rotatable bonds is 4. The molecular weight excluding hydrogens is 300 g/mol. The van der Waals surface area contributed by atoms with Gasteiger partial charge in [-0.25, -0.2) is 9.78 Å². The summed E-state index contributed by atoms with van der Waals surface area (Å²) in [5.74, 6) is -0.292. The Bertz CT molecular complexity index is 806. The Morgan fingerprint density at radius 2 is 2.30 bits per heavy atom. The number of aromatic nitrogens is 3. The van der Waals surface area contributed by atoms with Crippen molar-refractivity contribution in [2.45, 2.75) is 25.5 Å². The molecule has 0 spiro atoms. The van der Waals surface area contributed by atoms with E-state index in [-0.39, 0.29) is 18.2 Å². The molecule has 1 aliphatic rings. The summed E-state index contributed by atoms with van der Waals surface area (Å²) in [6.07, 6.45) is 4.16. The third-order valence-electron chi connectivity index (χ3n) is 3.62. The molecule has 3 rings (SSSR count). The van der Waals surface area contributed by atoms with E-state index < -0.39 is 17.2 Å². The Hall–Kier alpha value is -2.74. The van der Waals surface area contributed by atoms with Gasteiger partial charge in [0.2, 0.25) is 0 Å². The number of anilines is 1. The third-order valence-corrected chi connectivity index (χ3v) is 3.62. The molecule has 1 amide bonds. The van der Waals surface area contributed by atoms with Crippen LogP contribution in [0, 0.1) is 0 Å². The molecule has 0 bridgehead atoms. The van der Waals surface area contributed by atoms with Crippen LogP contribution in [0.4, 0.5) is 5.82 Å². The van der Waals surface area contributed by atoms with E-state index >= 15 is 0 Å². The number of carbonyl (C=O) groups is 1. The number of H-pyrrole nitrogens is 1. The summed E-state index contributed by atoms with van der Waals surface area (Å²) in [5.41, 5.74) is -1.34. The van der Waals surface area contributed by atoms with Crippen molar-refractivity contribution in [2.24, 2.45) is 0 Å². The summed E-state index contributed by atoms with van der Waals surface area (Å²) in [4.78, 5) is 42.9. The molecule has 0 aromatic carbocycles. The molecule has 1 unspecified atom stereocenters. The van der Waals surface area contributed by atoms with E-state index in [1.165, 1.54) is 6.20 Å². The minimum absolute atomic E-state index is 0.138. The van der Waals surface area contributed by atoms with Crippen molar-refractivity contribution >= 4 is 11.7 Å². The van der Waals surface area contributed by atoms with Crippen molar-refractivity contribution in [1.29, 1.82) is 0 Å². The maximum atomic E-state index is 12.4. The number of aromatic amines is 1. The van der Waals surface area contributed by atoms with Gasteiger partial charge in [0.25, 0.3) is 11.5 Å². The average Bonchev–Trinajstić information content (AvgIpc) is 3.05. The third kappa shape index (κ3) is 3.37. The van der Waals surface area contributed by atoms with Gasteiger partial charge in [0.1, 0.15) is 11.4 Å². The van der Waals surface area contributed by atoms with Gasteiger partial charge in [-0.15, -0.1) is 0 Å². The molecule has 0 saturated carbocycles. The maximum absolute atomic E-state index is 12.4. The summed E-state index contributed by atoms with van der Waals surface area (Å²) in [6.45, 7) is 0.760. The predicted octanol–water partition coefficient (Wildman–Crippen LogP) is 0.363. The number of nitrogens with zero attached hydrogens (tertiary/aromatic N) is 2. The summed E-state index contributed by atoms with van der Waals surface area (Å²) in [7, 11) is 0. The minimum Gasteiger partial charge on any atom is -0.376 e. The normalized spacial score (nSPS) is 17.1. The maximum Gasteiger partial charge on any atom is 0.328 e. The predicted molar refractivity (Wildman–Crippen MR) is 82.5 cm³/mol. The number of amides is 1. The van der Waals surface area contributed by atoms with Gasteiger partial charge in [0.05, 0.1) is 12.6 Å². The largest absolute Gasteiger partial charge is 0.376 e. The van der Waals surface area contributed by atoms with Crippen LogP contribution in [0.2, 0.25) is 0 Å². The van der Waals surface area contributed by atoms with Gasteiger partial charge in [0.15, 0.2) is 0 Å². The molecule has 2 N–H and O–H groups in total. The number of nitrogens with one attached hydrogen (secondary N) is 2. The Morgan fingerprint density at radius 1 is 1.43 bits per heavy atom. The van der Waals surface area contributed by atoms with Crippen LogP contribution in [0.1, 0.15) is 23.2 Å². The molecule has 1 saturated heterocycles. The minimum atomic E-state index is -0.641. The molecule has 8 nitrogen and oxygen atoms in total. The number of hydrogen-bond acceptors (Lipinski definition) is 5. The molecule has 2 aromatic heterocycles. The first-order chi connectivity index (χ1) is 11.1. The zero-order chi connectivity index (χ0) is 16.2. The molecule has 0 radical (unpaired) electrons. The molecule has 1 fully saturated rings. The van der Waals surface area contributed by atoms with Crippen LogP contribution in [-0.4, -0.2) is 33.2 Å². The Labute approximate surface area is 131 Å². The van der Waals surface area contributed by atoms with Crippen LogP contribution in [0.15, 0.2) is 40.2 Å². The van der Waals surface area contributed by atoms with E-state index in [0.717, 1.165) is 23.6 Å². The van der Waals surface area contributed by atoms with E-state index in [4.69, 9.17) is 4.74 Å². The second-order valence-corrected chi connectivity index (χ2v) is 5.23. The van der Waals surface area contributed by atoms with E-state index in [2.05, 4.69) is 15.3 Å². The molecule has 8 heteroatoms. The van der Waals surface area contributed by atoms with Gasteiger partial charge < -0.3 is 15.0 Å². The molecule has 120 valence electrons. The van der Waals surface area contributed by atoms with Gasteiger partial charge in [-0.2, -0.15) is 0 Å². The van der Waals surface area contributed by atoms with Crippen LogP contribution < -0.4 is 16.6 Å². The van der Waals surface area contributed by atoms with E-state index in [1.807, 2.05) is 0 Å². The smallest absolute Gasteiger partial charge is 0.328 e. The van der Waals surface area contributed by atoms with E-state index in [0.29, 0.717) is 12.4 Å². The van der Waals surface area contributed by atoms with Crippen molar-refractivity contribution in [2.75, 3.05) is 11.9 Å². The van der Waals surface area contributed by atoms with Crippen molar-refractivity contribution in [3.05, 3.63) is 57.0 Å². The SMILES string of the molecule is O=C(Nc1ccccn1)c1c[nH]c(=O)n(CC2CCCO2)c1=O. The van der Waals surface area contributed by atoms with Gasteiger partial charge in [-0.1, -0.05) is 6.07 Å². The second-order valence-electron chi connectivity index (χ2n) is 5.23. The average molecular weight is 316 g/mol. The molecular formula is C15H16N4O4. The highest BCUT2D eigenvalue weighted by Gasteiger charge is 2.20. The van der Waals surface area contributed by atoms with Crippen LogP contribution in [0.3, 0.4) is 0 Å². The molecule has 1 aliphatic heterocycles. The zero-order valence-corrected chi connectivity index (χ0v) is 12.3. The summed E-state index contributed by atoms with van der Waals surface area (Å²) in [6, 6.07) is 5.03. The fourth-order valence-electron chi connectivity index (χ4n) is 2.45. The zero-order valence-electron chi connectivity index (χ0n) is 12.3. The standard InChI is InChI=1S/C15H16N4O4/c20-13(18-12-5-1-2-6-16-12)11-8-17-15(22)19(14(11)21)9-10-4-3-7-23-10/h1-2,5-6,8,10H,3-4,7,9H2,(H,17,22)(H,16,18,20). The van der Waals surface area contributed by atoms with Crippen molar-refractivity contribution < 1.29 is 9.53 Å². The van der Waals surface area contributed by atoms with Gasteiger partial charge in [-0.3, -0.25) is 14.2 Å². The topological polar surface area (TPSA) is 106 Å². The number of hydrogen-bond donors (Lipinski definition) is 2. The molecule has 1 atom stereocenters. The first-order valence-electron chi connectivity index (χ1n) is 7.31. The molecule has 3 heterocycles. The lowest BCUT2D eigenvalue weighted by molar-refractivity contribution is 0.0941. The summed E-state index contributed by atoms with van der Waals surface area (Å²) < 4.78 is 6.44. The summed E-state index contributed by atoms with van der Waals surface area (Å²) in [5, 5.41) is 2.52.